The van der Waals surface area contributed by atoms with E-state index < -0.39 is 11.9 Å². The fourth-order valence-electron chi connectivity index (χ4n) is 2.31. The van der Waals surface area contributed by atoms with E-state index in [0.29, 0.717) is 12.0 Å². The molecule has 0 aromatic carbocycles. The molecule has 0 unspecified atom stereocenters. The first kappa shape index (κ1) is 20.6. The zero-order valence-corrected chi connectivity index (χ0v) is 14.2. The van der Waals surface area contributed by atoms with E-state index in [1.807, 2.05) is 0 Å². The van der Waals surface area contributed by atoms with Crippen molar-refractivity contribution in [1.29, 1.82) is 0 Å². The lowest BCUT2D eigenvalue weighted by molar-refractivity contribution is -0.153. The predicted octanol–water partition coefficient (Wildman–Crippen LogP) is 5.50. The van der Waals surface area contributed by atoms with Gasteiger partial charge in [-0.25, -0.2) is 9.59 Å². The fraction of sp³-hybridized carbons (Fsp3) is 0.684. The van der Waals surface area contributed by atoms with Gasteiger partial charge in [0.05, 0.1) is 0 Å². The number of carbonyl (C=O) groups excluding carboxylic acids is 2. The van der Waals surface area contributed by atoms with Crippen LogP contribution in [0.1, 0.15) is 84.0 Å². The third-order valence-electron chi connectivity index (χ3n) is 3.73. The van der Waals surface area contributed by atoms with Gasteiger partial charge in [0.1, 0.15) is 0 Å². The van der Waals surface area contributed by atoms with Crippen molar-refractivity contribution in [3.63, 3.8) is 0 Å². The summed E-state index contributed by atoms with van der Waals surface area (Å²) in [7, 11) is 0. The van der Waals surface area contributed by atoms with Crippen LogP contribution in [0.2, 0.25) is 0 Å². The molecule has 0 fully saturated rings. The third-order valence-corrected chi connectivity index (χ3v) is 3.73. The molecule has 0 aliphatic carbocycles. The molecule has 0 radical (unpaired) electrons. The number of esters is 2. The monoisotopic (exact) mass is 308 g/mol. The molecule has 0 N–H and O–H groups in total. The predicted molar refractivity (Wildman–Crippen MR) is 91.5 cm³/mol. The minimum absolute atomic E-state index is 0.367. The maximum atomic E-state index is 11.4. The zero-order chi connectivity index (χ0) is 16.6. The van der Waals surface area contributed by atoms with Crippen LogP contribution in [0.4, 0.5) is 0 Å². The lowest BCUT2D eigenvalue weighted by Crippen LogP contribution is -2.11. The number of hydrogen-bond donors (Lipinski definition) is 0. The minimum Gasteiger partial charge on any atom is -0.386 e. The molecule has 0 amide bonds. The third kappa shape index (κ3) is 12.4. The zero-order valence-electron chi connectivity index (χ0n) is 14.2. The van der Waals surface area contributed by atoms with Crippen molar-refractivity contribution in [3.05, 3.63) is 24.8 Å². The van der Waals surface area contributed by atoms with Crippen molar-refractivity contribution in [3.8, 4) is 0 Å². The average Bonchev–Trinajstić information content (AvgIpc) is 2.52. The number of hydrogen-bond acceptors (Lipinski definition) is 3. The Morgan fingerprint density at radius 2 is 1.32 bits per heavy atom. The van der Waals surface area contributed by atoms with E-state index in [9.17, 15) is 9.59 Å². The molecule has 3 heteroatoms. The van der Waals surface area contributed by atoms with Crippen molar-refractivity contribution < 1.29 is 14.3 Å². The van der Waals surface area contributed by atoms with Crippen molar-refractivity contribution in [1.82, 2.24) is 0 Å². The molecule has 126 valence electrons. The van der Waals surface area contributed by atoms with Crippen molar-refractivity contribution in [2.24, 2.45) is 0 Å². The van der Waals surface area contributed by atoms with Gasteiger partial charge in [-0.2, -0.15) is 0 Å². The van der Waals surface area contributed by atoms with Gasteiger partial charge in [-0.05, 0) is 12.8 Å². The van der Waals surface area contributed by atoms with Gasteiger partial charge in [-0.3, -0.25) is 0 Å². The Balaban J connectivity index is 3.38. The Bertz CT molecular complexity index is 345. The molecule has 0 aliphatic heterocycles. The van der Waals surface area contributed by atoms with Gasteiger partial charge < -0.3 is 4.74 Å². The Hall–Kier alpha value is -1.38. The summed E-state index contributed by atoms with van der Waals surface area (Å²) in [6.45, 7) is 9.15. The van der Waals surface area contributed by atoms with Crippen LogP contribution in [0.5, 0.6) is 0 Å². The van der Waals surface area contributed by atoms with Crippen LogP contribution in [0.3, 0.4) is 0 Å². The summed E-state index contributed by atoms with van der Waals surface area (Å²) in [4.78, 5) is 22.3. The van der Waals surface area contributed by atoms with Gasteiger partial charge >= 0.3 is 11.9 Å². The first-order valence-electron chi connectivity index (χ1n) is 8.68. The van der Waals surface area contributed by atoms with E-state index in [1.54, 1.807) is 0 Å². The van der Waals surface area contributed by atoms with E-state index in [-0.39, 0.29) is 0 Å². The molecule has 0 aromatic rings. The number of carbonyl (C=O) groups is 2. The molecule has 0 saturated carbocycles. The van der Waals surface area contributed by atoms with E-state index in [1.165, 1.54) is 57.8 Å². The average molecular weight is 308 g/mol. The lowest BCUT2D eigenvalue weighted by Gasteiger charge is -2.04. The van der Waals surface area contributed by atoms with Crippen LogP contribution in [0.15, 0.2) is 24.8 Å². The van der Waals surface area contributed by atoms with Crippen molar-refractivity contribution in [2.45, 2.75) is 84.0 Å². The Labute approximate surface area is 135 Å². The highest BCUT2D eigenvalue weighted by Crippen LogP contribution is 2.14. The van der Waals surface area contributed by atoms with Crippen LogP contribution < -0.4 is 0 Å². The largest absolute Gasteiger partial charge is 0.386 e. The fourth-order valence-corrected chi connectivity index (χ4v) is 2.31. The molecule has 22 heavy (non-hydrogen) atoms. The molecule has 0 aromatic heterocycles. The topological polar surface area (TPSA) is 43.4 Å². The summed E-state index contributed by atoms with van der Waals surface area (Å²) in [5.41, 5.74) is 0.367. The van der Waals surface area contributed by atoms with E-state index >= 15 is 0 Å². The highest BCUT2D eigenvalue weighted by atomic mass is 16.6. The van der Waals surface area contributed by atoms with Crippen molar-refractivity contribution >= 4 is 11.9 Å². The van der Waals surface area contributed by atoms with Crippen LogP contribution in [0.25, 0.3) is 0 Å². The van der Waals surface area contributed by atoms with E-state index in [2.05, 4.69) is 24.8 Å². The Morgan fingerprint density at radius 3 is 1.77 bits per heavy atom. The van der Waals surface area contributed by atoms with E-state index in [0.717, 1.165) is 18.9 Å². The summed E-state index contributed by atoms with van der Waals surface area (Å²) >= 11 is 0. The van der Waals surface area contributed by atoms with E-state index in [4.69, 9.17) is 0 Å². The highest BCUT2D eigenvalue weighted by molar-refractivity contribution is 5.98. The summed E-state index contributed by atoms with van der Waals surface area (Å²) in [5.74, 6) is -1.35. The van der Waals surface area contributed by atoms with Crippen LogP contribution in [0, 0.1) is 0 Å². The number of rotatable bonds is 14. The van der Waals surface area contributed by atoms with Crippen LogP contribution >= 0.6 is 0 Å². The molecular weight excluding hydrogens is 276 g/mol. The summed E-state index contributed by atoms with van der Waals surface area (Å²) in [6, 6.07) is 0. The first-order valence-corrected chi connectivity index (χ1v) is 8.68. The molecule has 0 aliphatic rings. The van der Waals surface area contributed by atoms with Gasteiger partial charge in [0.2, 0.25) is 0 Å². The minimum atomic E-state index is -0.718. The van der Waals surface area contributed by atoms with Crippen molar-refractivity contribution in [2.75, 3.05) is 0 Å². The summed E-state index contributed by atoms with van der Waals surface area (Å²) in [6.07, 6.45) is 15.5. The Morgan fingerprint density at radius 1 is 0.864 bits per heavy atom. The van der Waals surface area contributed by atoms with Gasteiger partial charge in [-0.15, -0.1) is 0 Å². The lowest BCUT2D eigenvalue weighted by atomic mass is 10.0. The normalized spacial score (nSPS) is 10.2. The SMILES string of the molecule is C=CC(=O)OC(=O)C(=C)CCCCCCCCCCCCC. The molecule has 0 bridgehead atoms. The molecule has 0 saturated heterocycles. The Kier molecular flexibility index (Phi) is 13.6. The highest BCUT2D eigenvalue weighted by Gasteiger charge is 2.11. The van der Waals surface area contributed by atoms with Gasteiger partial charge in [0.15, 0.2) is 0 Å². The first-order chi connectivity index (χ1) is 10.6. The molecule has 0 spiro atoms. The smallest absolute Gasteiger partial charge is 0.341 e. The maximum Gasteiger partial charge on any atom is 0.341 e. The number of ether oxygens (including phenoxy) is 1. The molecule has 0 rings (SSSR count). The molecule has 0 heterocycles. The van der Waals surface area contributed by atoms with Crippen LogP contribution in [-0.4, -0.2) is 11.9 Å². The molecule has 0 atom stereocenters. The van der Waals surface area contributed by atoms with Gasteiger partial charge in [0.25, 0.3) is 0 Å². The molecular formula is C19H32O3. The summed E-state index contributed by atoms with van der Waals surface area (Å²) in [5, 5.41) is 0. The molecule has 3 nitrogen and oxygen atoms in total. The maximum absolute atomic E-state index is 11.4. The standard InChI is InChI=1S/C19H32O3/c1-4-6-7-8-9-10-11-12-13-14-15-16-17(3)19(21)22-18(20)5-2/h5H,2-4,6-16H2,1H3. The van der Waals surface area contributed by atoms with Gasteiger partial charge in [0, 0.05) is 11.6 Å². The second kappa shape index (κ2) is 14.6. The second-order valence-corrected chi connectivity index (χ2v) is 5.80. The number of unbranched alkanes of at least 4 members (excludes halogenated alkanes) is 10. The summed E-state index contributed by atoms with van der Waals surface area (Å²) < 4.78 is 4.52. The quantitative estimate of drug-likeness (QED) is 0.184. The van der Waals surface area contributed by atoms with Gasteiger partial charge in [-0.1, -0.05) is 84.3 Å². The van der Waals surface area contributed by atoms with Crippen LogP contribution in [-0.2, 0) is 14.3 Å². The second-order valence-electron chi connectivity index (χ2n) is 5.80.